The summed E-state index contributed by atoms with van der Waals surface area (Å²) in [6, 6.07) is -0.463. The van der Waals surface area contributed by atoms with Gasteiger partial charge in [-0.25, -0.2) is 14.6 Å². The minimum atomic E-state index is -1.26. The standard InChI is InChI=1S/C12H20N4O3/c1-12(2,10(17)18)15-11(19)14-5-3-4-7-16-8-6-13-9-16/h6,8-9H,3-5,7H2,1-2H3,(H,17,18)(H2,14,15,19). The second-order valence-electron chi connectivity index (χ2n) is 4.82. The number of hydrogen-bond acceptors (Lipinski definition) is 3. The number of carbonyl (C=O) groups is 2. The number of aryl methyl sites for hydroxylation is 1. The van der Waals surface area contributed by atoms with Gasteiger partial charge in [0.2, 0.25) is 0 Å². The highest BCUT2D eigenvalue weighted by Gasteiger charge is 2.28. The maximum Gasteiger partial charge on any atom is 0.328 e. The van der Waals surface area contributed by atoms with Crippen molar-refractivity contribution in [3.05, 3.63) is 18.7 Å². The van der Waals surface area contributed by atoms with E-state index in [-0.39, 0.29) is 0 Å². The van der Waals surface area contributed by atoms with Crippen LogP contribution in [0.2, 0.25) is 0 Å². The molecule has 1 rings (SSSR count). The van der Waals surface area contributed by atoms with E-state index in [0.717, 1.165) is 19.4 Å². The summed E-state index contributed by atoms with van der Waals surface area (Å²) >= 11 is 0. The summed E-state index contributed by atoms with van der Waals surface area (Å²) < 4.78 is 1.97. The van der Waals surface area contributed by atoms with Crippen molar-refractivity contribution in [3.63, 3.8) is 0 Å². The van der Waals surface area contributed by atoms with E-state index in [1.54, 1.807) is 12.5 Å². The lowest BCUT2D eigenvalue weighted by Crippen LogP contribution is -2.53. The van der Waals surface area contributed by atoms with Crippen LogP contribution in [-0.2, 0) is 11.3 Å². The molecule has 0 aliphatic rings. The molecule has 7 nitrogen and oxygen atoms in total. The van der Waals surface area contributed by atoms with Gasteiger partial charge in [-0.1, -0.05) is 0 Å². The van der Waals surface area contributed by atoms with Gasteiger partial charge in [-0.05, 0) is 26.7 Å². The average molecular weight is 268 g/mol. The number of carboxylic acid groups (broad SMARTS) is 1. The monoisotopic (exact) mass is 268 g/mol. The molecule has 0 atom stereocenters. The summed E-state index contributed by atoms with van der Waals surface area (Å²) in [4.78, 5) is 26.2. The maximum atomic E-state index is 11.5. The van der Waals surface area contributed by atoms with Crippen LogP contribution in [0.3, 0.4) is 0 Å². The molecule has 3 N–H and O–H groups in total. The number of urea groups is 1. The Morgan fingerprint density at radius 3 is 2.68 bits per heavy atom. The van der Waals surface area contributed by atoms with E-state index in [1.807, 2.05) is 10.8 Å². The fraction of sp³-hybridized carbons (Fsp3) is 0.583. The first-order valence-corrected chi connectivity index (χ1v) is 6.17. The molecule has 0 saturated carbocycles. The molecule has 1 aromatic rings. The van der Waals surface area contributed by atoms with Crippen LogP contribution in [-0.4, -0.2) is 38.7 Å². The Morgan fingerprint density at radius 1 is 1.37 bits per heavy atom. The third-order valence-corrected chi connectivity index (χ3v) is 2.65. The molecule has 0 spiro atoms. The van der Waals surface area contributed by atoms with Crippen LogP contribution in [0, 0.1) is 0 Å². The molecule has 106 valence electrons. The fourth-order valence-corrected chi connectivity index (χ4v) is 1.42. The molecule has 1 aromatic heterocycles. The molecule has 1 heterocycles. The summed E-state index contributed by atoms with van der Waals surface area (Å²) in [7, 11) is 0. The zero-order valence-corrected chi connectivity index (χ0v) is 11.2. The molecular weight excluding hydrogens is 248 g/mol. The molecule has 0 radical (unpaired) electrons. The van der Waals surface area contributed by atoms with Crippen LogP contribution in [0.15, 0.2) is 18.7 Å². The van der Waals surface area contributed by atoms with Crippen LogP contribution >= 0.6 is 0 Å². The van der Waals surface area contributed by atoms with E-state index < -0.39 is 17.5 Å². The van der Waals surface area contributed by atoms with Gasteiger partial charge in [0.1, 0.15) is 5.54 Å². The number of nitrogens with one attached hydrogen (secondary N) is 2. The number of aromatic nitrogens is 2. The fourth-order valence-electron chi connectivity index (χ4n) is 1.42. The Hall–Kier alpha value is -2.05. The number of aliphatic carboxylic acids is 1. The SMILES string of the molecule is CC(C)(NC(=O)NCCCCn1ccnc1)C(=O)O. The number of amides is 2. The number of hydrogen-bond donors (Lipinski definition) is 3. The number of unbranched alkanes of at least 4 members (excludes halogenated alkanes) is 1. The lowest BCUT2D eigenvalue weighted by molar-refractivity contribution is -0.142. The predicted octanol–water partition coefficient (Wildman–Crippen LogP) is 0.826. The Bertz CT molecular complexity index is 415. The van der Waals surface area contributed by atoms with Gasteiger partial charge >= 0.3 is 12.0 Å². The normalized spacial score (nSPS) is 11.1. The summed E-state index contributed by atoms with van der Waals surface area (Å²) in [6.07, 6.45) is 7.09. The van der Waals surface area contributed by atoms with Crippen molar-refractivity contribution in [3.8, 4) is 0 Å². The minimum absolute atomic E-state index is 0.463. The third-order valence-electron chi connectivity index (χ3n) is 2.65. The van der Waals surface area contributed by atoms with Gasteiger partial charge in [-0.2, -0.15) is 0 Å². The average Bonchev–Trinajstić information content (AvgIpc) is 2.80. The van der Waals surface area contributed by atoms with Crippen molar-refractivity contribution in [1.82, 2.24) is 20.2 Å². The van der Waals surface area contributed by atoms with Crippen LogP contribution in [0.5, 0.6) is 0 Å². The maximum absolute atomic E-state index is 11.5. The molecule has 0 saturated heterocycles. The van der Waals surface area contributed by atoms with Crippen molar-refractivity contribution < 1.29 is 14.7 Å². The highest BCUT2D eigenvalue weighted by Crippen LogP contribution is 2.01. The molecular formula is C12H20N4O3. The minimum Gasteiger partial charge on any atom is -0.480 e. The number of rotatable bonds is 7. The molecule has 19 heavy (non-hydrogen) atoms. The summed E-state index contributed by atoms with van der Waals surface area (Å²) in [5, 5.41) is 13.9. The van der Waals surface area contributed by atoms with E-state index in [0.29, 0.717) is 6.54 Å². The van der Waals surface area contributed by atoms with Gasteiger partial charge in [0.15, 0.2) is 0 Å². The molecule has 0 aliphatic carbocycles. The van der Waals surface area contributed by atoms with Crippen molar-refractivity contribution in [1.29, 1.82) is 0 Å². The molecule has 0 aliphatic heterocycles. The van der Waals surface area contributed by atoms with Gasteiger partial charge < -0.3 is 20.3 Å². The lowest BCUT2D eigenvalue weighted by atomic mass is 10.1. The Balaban J connectivity index is 2.12. The molecule has 7 heteroatoms. The van der Waals surface area contributed by atoms with Gasteiger partial charge in [-0.3, -0.25) is 0 Å². The first-order chi connectivity index (χ1) is 8.92. The number of nitrogens with zero attached hydrogens (tertiary/aromatic N) is 2. The van der Waals surface area contributed by atoms with Crippen LogP contribution < -0.4 is 10.6 Å². The quantitative estimate of drug-likeness (QED) is 0.638. The van der Waals surface area contributed by atoms with E-state index in [1.165, 1.54) is 13.8 Å². The predicted molar refractivity (Wildman–Crippen MR) is 69.7 cm³/mol. The summed E-state index contributed by atoms with van der Waals surface area (Å²) in [5.74, 6) is -1.07. The second-order valence-corrected chi connectivity index (χ2v) is 4.82. The smallest absolute Gasteiger partial charge is 0.328 e. The van der Waals surface area contributed by atoms with Gasteiger partial charge in [-0.15, -0.1) is 0 Å². The second kappa shape index (κ2) is 6.77. The van der Waals surface area contributed by atoms with E-state index in [9.17, 15) is 9.59 Å². The lowest BCUT2D eigenvalue weighted by Gasteiger charge is -2.21. The van der Waals surface area contributed by atoms with Crippen LogP contribution in [0.4, 0.5) is 4.79 Å². The molecule has 0 bridgehead atoms. The summed E-state index contributed by atoms with van der Waals surface area (Å²) in [5.41, 5.74) is -1.26. The van der Waals surface area contributed by atoms with E-state index in [4.69, 9.17) is 5.11 Å². The summed E-state index contributed by atoms with van der Waals surface area (Å²) in [6.45, 7) is 4.24. The Labute approximate surface area is 112 Å². The Morgan fingerprint density at radius 2 is 2.11 bits per heavy atom. The van der Waals surface area contributed by atoms with Crippen molar-refractivity contribution in [2.75, 3.05) is 6.54 Å². The zero-order valence-electron chi connectivity index (χ0n) is 11.2. The third kappa shape index (κ3) is 5.41. The molecule has 0 unspecified atom stereocenters. The van der Waals surface area contributed by atoms with Gasteiger partial charge in [0.05, 0.1) is 6.33 Å². The van der Waals surface area contributed by atoms with E-state index >= 15 is 0 Å². The highest BCUT2D eigenvalue weighted by molar-refractivity contribution is 5.85. The topological polar surface area (TPSA) is 96.3 Å². The number of imidazole rings is 1. The van der Waals surface area contributed by atoms with Gasteiger partial charge in [0.25, 0.3) is 0 Å². The van der Waals surface area contributed by atoms with E-state index in [2.05, 4.69) is 15.6 Å². The van der Waals surface area contributed by atoms with Crippen molar-refractivity contribution in [2.24, 2.45) is 0 Å². The van der Waals surface area contributed by atoms with Crippen molar-refractivity contribution >= 4 is 12.0 Å². The molecule has 0 fully saturated rings. The van der Waals surface area contributed by atoms with Gasteiger partial charge in [0, 0.05) is 25.5 Å². The first-order valence-electron chi connectivity index (χ1n) is 6.17. The Kier molecular flexibility index (Phi) is 5.35. The first kappa shape index (κ1) is 15.0. The molecule has 0 aromatic carbocycles. The highest BCUT2D eigenvalue weighted by atomic mass is 16.4. The number of carbonyl (C=O) groups excluding carboxylic acids is 1. The van der Waals surface area contributed by atoms with Crippen molar-refractivity contribution in [2.45, 2.75) is 38.8 Å². The largest absolute Gasteiger partial charge is 0.480 e. The zero-order chi connectivity index (χ0) is 14.3. The van der Waals surface area contributed by atoms with Crippen LogP contribution in [0.1, 0.15) is 26.7 Å². The van der Waals surface area contributed by atoms with Crippen LogP contribution in [0.25, 0.3) is 0 Å². The molecule has 2 amide bonds. The number of carboxylic acids is 1.